The maximum absolute atomic E-state index is 14.0. The highest BCUT2D eigenvalue weighted by atomic mass is 16.6. The molecular formula is C24H17N3O4. The maximum atomic E-state index is 14.0. The Morgan fingerprint density at radius 2 is 1.81 bits per heavy atom. The van der Waals surface area contributed by atoms with Crippen molar-refractivity contribution in [3.05, 3.63) is 77.1 Å². The second kappa shape index (κ2) is 6.47. The quantitative estimate of drug-likeness (QED) is 0.645. The lowest BCUT2D eigenvalue weighted by molar-refractivity contribution is -0.122. The molecule has 2 aromatic carbocycles. The predicted molar refractivity (Wildman–Crippen MR) is 110 cm³/mol. The minimum absolute atomic E-state index is 0.0985. The fourth-order valence-corrected chi connectivity index (χ4v) is 4.68. The highest BCUT2D eigenvalue weighted by molar-refractivity contribution is 6.11. The minimum Gasteiger partial charge on any atom is -0.491 e. The van der Waals surface area contributed by atoms with Crippen molar-refractivity contribution in [2.24, 2.45) is 0 Å². The molecule has 1 aromatic heterocycles. The van der Waals surface area contributed by atoms with E-state index < -0.39 is 5.41 Å². The molecule has 6 rings (SSSR count). The molecule has 3 aliphatic heterocycles. The first-order chi connectivity index (χ1) is 15.2. The van der Waals surface area contributed by atoms with Gasteiger partial charge in [0.1, 0.15) is 37.1 Å². The number of aromatic nitrogens is 1. The van der Waals surface area contributed by atoms with Crippen LogP contribution in [0, 0.1) is 11.3 Å². The molecule has 0 saturated carbocycles. The predicted octanol–water partition coefficient (Wildman–Crippen LogP) is 2.95. The van der Waals surface area contributed by atoms with Gasteiger partial charge in [-0.15, -0.1) is 0 Å². The van der Waals surface area contributed by atoms with Crippen LogP contribution in [0.25, 0.3) is 0 Å². The Hall–Kier alpha value is -4.05. The first kappa shape index (κ1) is 17.8. The fraction of sp³-hybridized carbons (Fsp3) is 0.208. The molecule has 0 radical (unpaired) electrons. The smallest absolute Gasteiger partial charge is 0.246 e. The summed E-state index contributed by atoms with van der Waals surface area (Å²) in [4.78, 5) is 20.0. The summed E-state index contributed by atoms with van der Waals surface area (Å²) in [5.41, 5.74) is 2.50. The number of fused-ring (bicyclic) bond motifs is 5. The minimum atomic E-state index is -0.969. The highest BCUT2D eigenvalue weighted by Gasteiger charge is 2.57. The van der Waals surface area contributed by atoms with Gasteiger partial charge in [-0.1, -0.05) is 18.2 Å². The van der Waals surface area contributed by atoms with Gasteiger partial charge in [0.2, 0.25) is 5.91 Å². The lowest BCUT2D eigenvalue weighted by Crippen LogP contribution is -2.42. The summed E-state index contributed by atoms with van der Waals surface area (Å²) < 4.78 is 17.5. The zero-order chi connectivity index (χ0) is 21.0. The van der Waals surface area contributed by atoms with Gasteiger partial charge in [-0.25, -0.2) is 0 Å². The number of amides is 1. The van der Waals surface area contributed by atoms with Crippen LogP contribution >= 0.6 is 0 Å². The van der Waals surface area contributed by atoms with E-state index in [1.54, 1.807) is 23.2 Å². The zero-order valence-electron chi connectivity index (χ0n) is 16.5. The standard InChI is InChI=1S/C24H17N3O4/c25-12-15-4-3-7-26-18(15)13-27-19-6-2-1-5-16(19)24(23(27)28)14-31-20-11-22-21(10-17(20)24)29-8-9-30-22/h1-7,10-11H,8-9,13-14H2. The molecule has 4 heterocycles. The van der Waals surface area contributed by atoms with E-state index in [4.69, 9.17) is 14.2 Å². The molecule has 0 aliphatic carbocycles. The van der Waals surface area contributed by atoms with Crippen molar-refractivity contribution in [3.8, 4) is 23.3 Å². The molecule has 0 N–H and O–H groups in total. The summed E-state index contributed by atoms with van der Waals surface area (Å²) in [6.45, 7) is 1.36. The SMILES string of the molecule is N#Cc1cccnc1CN1C(=O)C2(COc3cc4c(cc32)OCCO4)c2ccccc21. The second-order valence-electron chi connectivity index (χ2n) is 7.70. The number of hydrogen-bond acceptors (Lipinski definition) is 6. The average Bonchev–Trinajstić information content (AvgIpc) is 3.30. The molecule has 1 atom stereocenters. The van der Waals surface area contributed by atoms with Crippen molar-refractivity contribution in [3.63, 3.8) is 0 Å². The van der Waals surface area contributed by atoms with Crippen molar-refractivity contribution in [1.82, 2.24) is 4.98 Å². The van der Waals surface area contributed by atoms with Gasteiger partial charge >= 0.3 is 0 Å². The summed E-state index contributed by atoms with van der Waals surface area (Å²) in [5.74, 6) is 1.78. The van der Waals surface area contributed by atoms with E-state index in [0.29, 0.717) is 41.7 Å². The summed E-state index contributed by atoms with van der Waals surface area (Å²) in [6.07, 6.45) is 1.63. The number of benzene rings is 2. The van der Waals surface area contributed by atoms with Crippen LogP contribution in [-0.4, -0.2) is 30.7 Å². The monoisotopic (exact) mass is 411 g/mol. The number of ether oxygens (including phenoxy) is 3. The number of hydrogen-bond donors (Lipinski definition) is 0. The topological polar surface area (TPSA) is 84.7 Å². The van der Waals surface area contributed by atoms with E-state index in [-0.39, 0.29) is 19.1 Å². The first-order valence-corrected chi connectivity index (χ1v) is 10.0. The van der Waals surface area contributed by atoms with Crippen molar-refractivity contribution >= 4 is 11.6 Å². The molecule has 1 amide bonds. The number of rotatable bonds is 2. The zero-order valence-corrected chi connectivity index (χ0v) is 16.5. The Morgan fingerprint density at radius 1 is 1.00 bits per heavy atom. The molecule has 7 nitrogen and oxygen atoms in total. The Bertz CT molecular complexity index is 1280. The largest absolute Gasteiger partial charge is 0.491 e. The van der Waals surface area contributed by atoms with Crippen LogP contribution in [0.15, 0.2) is 54.7 Å². The molecule has 0 fully saturated rings. The van der Waals surface area contributed by atoms with Crippen molar-refractivity contribution < 1.29 is 19.0 Å². The van der Waals surface area contributed by atoms with E-state index >= 15 is 0 Å². The van der Waals surface area contributed by atoms with Gasteiger partial charge in [-0.3, -0.25) is 9.78 Å². The summed E-state index contributed by atoms with van der Waals surface area (Å²) in [7, 11) is 0. The van der Waals surface area contributed by atoms with Gasteiger partial charge in [0.05, 0.1) is 17.8 Å². The van der Waals surface area contributed by atoms with Crippen molar-refractivity contribution in [2.45, 2.75) is 12.0 Å². The Kier molecular flexibility index (Phi) is 3.71. The number of pyridine rings is 1. The van der Waals surface area contributed by atoms with E-state index in [9.17, 15) is 10.1 Å². The highest BCUT2D eigenvalue weighted by Crippen LogP contribution is 2.54. The van der Waals surface area contributed by atoms with E-state index in [1.165, 1.54) is 0 Å². The summed E-state index contributed by atoms with van der Waals surface area (Å²) in [6, 6.07) is 17.0. The molecule has 3 aromatic rings. The third-order valence-electron chi connectivity index (χ3n) is 6.13. The molecule has 152 valence electrons. The molecule has 1 unspecified atom stereocenters. The molecule has 0 saturated heterocycles. The Balaban J connectivity index is 1.50. The molecule has 0 bridgehead atoms. The first-order valence-electron chi connectivity index (χ1n) is 10.0. The van der Waals surface area contributed by atoms with Gasteiger partial charge in [0, 0.05) is 23.5 Å². The van der Waals surface area contributed by atoms with Crippen LogP contribution in [0.5, 0.6) is 17.2 Å². The van der Waals surface area contributed by atoms with Crippen molar-refractivity contribution in [2.75, 3.05) is 24.7 Å². The lowest BCUT2D eigenvalue weighted by Gasteiger charge is -2.24. The van der Waals surface area contributed by atoms with E-state index in [0.717, 1.165) is 16.8 Å². The fourth-order valence-electron chi connectivity index (χ4n) is 4.68. The Morgan fingerprint density at radius 3 is 2.65 bits per heavy atom. The summed E-state index contributed by atoms with van der Waals surface area (Å²) >= 11 is 0. The number of nitrogens with zero attached hydrogens (tertiary/aromatic N) is 3. The van der Waals surface area contributed by atoms with Crippen LogP contribution in [0.3, 0.4) is 0 Å². The van der Waals surface area contributed by atoms with Gasteiger partial charge < -0.3 is 19.1 Å². The number of para-hydroxylation sites is 1. The number of carbonyl (C=O) groups is 1. The molecule has 7 heteroatoms. The van der Waals surface area contributed by atoms with Gasteiger partial charge in [-0.2, -0.15) is 5.26 Å². The van der Waals surface area contributed by atoms with Crippen LogP contribution in [0.2, 0.25) is 0 Å². The molecular weight excluding hydrogens is 394 g/mol. The Labute approximate surface area is 178 Å². The van der Waals surface area contributed by atoms with Crippen LogP contribution in [0.4, 0.5) is 5.69 Å². The molecule has 31 heavy (non-hydrogen) atoms. The van der Waals surface area contributed by atoms with Gasteiger partial charge in [0.15, 0.2) is 11.5 Å². The third-order valence-corrected chi connectivity index (χ3v) is 6.13. The summed E-state index contributed by atoms with van der Waals surface area (Å²) in [5, 5.41) is 9.46. The van der Waals surface area contributed by atoms with Crippen LogP contribution < -0.4 is 19.1 Å². The van der Waals surface area contributed by atoms with E-state index in [1.807, 2.05) is 36.4 Å². The van der Waals surface area contributed by atoms with Gasteiger partial charge in [-0.05, 0) is 29.8 Å². The number of nitriles is 1. The van der Waals surface area contributed by atoms with Gasteiger partial charge in [0.25, 0.3) is 0 Å². The van der Waals surface area contributed by atoms with Crippen LogP contribution in [-0.2, 0) is 16.8 Å². The van der Waals surface area contributed by atoms with Crippen LogP contribution in [0.1, 0.15) is 22.4 Å². The second-order valence-corrected chi connectivity index (χ2v) is 7.70. The average molecular weight is 411 g/mol. The number of carbonyl (C=O) groups excluding carboxylic acids is 1. The van der Waals surface area contributed by atoms with Crippen molar-refractivity contribution in [1.29, 1.82) is 5.26 Å². The molecule has 3 aliphatic rings. The number of anilines is 1. The van der Waals surface area contributed by atoms with E-state index in [2.05, 4.69) is 11.1 Å². The normalized spacial score (nSPS) is 20.2. The molecule has 1 spiro atoms. The third kappa shape index (κ3) is 2.39. The lowest BCUT2D eigenvalue weighted by atomic mass is 9.77. The maximum Gasteiger partial charge on any atom is 0.246 e.